The van der Waals surface area contributed by atoms with E-state index in [-0.39, 0.29) is 18.4 Å². The fourth-order valence-electron chi connectivity index (χ4n) is 3.10. The summed E-state index contributed by atoms with van der Waals surface area (Å²) >= 11 is 0. The van der Waals surface area contributed by atoms with Crippen molar-refractivity contribution in [2.45, 2.75) is 44.1 Å². The van der Waals surface area contributed by atoms with E-state index in [0.29, 0.717) is 12.5 Å². The van der Waals surface area contributed by atoms with Crippen LogP contribution in [0.1, 0.15) is 43.6 Å². The number of benzene rings is 1. The molecule has 1 N–H and O–H groups in total. The minimum absolute atomic E-state index is 0.0724. The second-order valence-corrected chi connectivity index (χ2v) is 6.04. The van der Waals surface area contributed by atoms with Crippen LogP contribution in [0.2, 0.25) is 0 Å². The third-order valence-corrected chi connectivity index (χ3v) is 4.32. The number of hydrogen-bond donors (Lipinski definition) is 1. The summed E-state index contributed by atoms with van der Waals surface area (Å²) in [6, 6.07) is 7.90. The maximum Gasteiger partial charge on any atom is 0.303 e. The highest BCUT2D eigenvalue weighted by Gasteiger charge is 2.35. The highest BCUT2D eigenvalue weighted by molar-refractivity contribution is 5.68. The smallest absolute Gasteiger partial charge is 0.303 e. The van der Waals surface area contributed by atoms with Gasteiger partial charge in [0.1, 0.15) is 11.9 Å². The topological polar surface area (TPSA) is 55.8 Å². The molecule has 4 nitrogen and oxygen atoms in total. The average molecular weight is 290 g/mol. The van der Waals surface area contributed by atoms with Gasteiger partial charge in [-0.2, -0.15) is 0 Å². The Morgan fingerprint density at radius 2 is 2.14 bits per heavy atom. The molecule has 0 spiro atoms. The van der Waals surface area contributed by atoms with E-state index >= 15 is 0 Å². The summed E-state index contributed by atoms with van der Waals surface area (Å²) in [5.41, 5.74) is 1.05. The maximum atomic E-state index is 11.2. The van der Waals surface area contributed by atoms with Gasteiger partial charge in [-0.25, -0.2) is 0 Å². The van der Waals surface area contributed by atoms with Crippen LogP contribution in [0.15, 0.2) is 24.3 Å². The molecule has 2 unspecified atom stereocenters. The Labute approximate surface area is 125 Å². The average Bonchev–Trinajstić information content (AvgIpc) is 3.31. The van der Waals surface area contributed by atoms with Crippen molar-refractivity contribution < 1.29 is 19.4 Å². The van der Waals surface area contributed by atoms with Gasteiger partial charge in [-0.05, 0) is 43.2 Å². The van der Waals surface area contributed by atoms with Gasteiger partial charge in [-0.15, -0.1) is 0 Å². The maximum absolute atomic E-state index is 11.2. The van der Waals surface area contributed by atoms with Crippen LogP contribution in [0.5, 0.6) is 5.75 Å². The first-order valence-corrected chi connectivity index (χ1v) is 7.79. The zero-order valence-electron chi connectivity index (χ0n) is 12.2. The van der Waals surface area contributed by atoms with E-state index in [1.807, 2.05) is 24.3 Å². The number of para-hydroxylation sites is 1. The number of aliphatic carboxylic acids is 1. The fraction of sp³-hybridized carbons (Fsp3) is 0.588. The Kier molecular flexibility index (Phi) is 4.44. The van der Waals surface area contributed by atoms with Crippen LogP contribution in [-0.2, 0) is 9.53 Å². The van der Waals surface area contributed by atoms with Crippen LogP contribution in [0, 0.1) is 5.92 Å². The molecule has 1 aliphatic heterocycles. The lowest BCUT2D eigenvalue weighted by Gasteiger charge is -2.26. The van der Waals surface area contributed by atoms with E-state index in [0.717, 1.165) is 43.6 Å². The molecule has 1 saturated carbocycles. The molecule has 0 aromatic heterocycles. The molecule has 3 rings (SSSR count). The number of rotatable bonds is 6. The van der Waals surface area contributed by atoms with Crippen molar-refractivity contribution in [2.75, 3.05) is 13.2 Å². The Balaban J connectivity index is 1.78. The molecule has 2 atom stereocenters. The summed E-state index contributed by atoms with van der Waals surface area (Å²) < 4.78 is 11.6. The van der Waals surface area contributed by atoms with Gasteiger partial charge in [0.25, 0.3) is 0 Å². The standard InChI is InChI=1S/C17H22O4/c18-17(19)10-15(12-7-8-12)14-5-1-2-6-16(14)21-13-4-3-9-20-11-13/h1-2,5-6,12-13,15H,3-4,7-11H2,(H,18,19). The van der Waals surface area contributed by atoms with Crippen LogP contribution in [0.4, 0.5) is 0 Å². The number of hydrogen-bond acceptors (Lipinski definition) is 3. The zero-order valence-corrected chi connectivity index (χ0v) is 12.2. The molecule has 4 heteroatoms. The van der Waals surface area contributed by atoms with E-state index in [4.69, 9.17) is 9.47 Å². The van der Waals surface area contributed by atoms with Gasteiger partial charge >= 0.3 is 5.97 Å². The normalized spacial score (nSPS) is 23.5. The number of carbonyl (C=O) groups is 1. The fourth-order valence-corrected chi connectivity index (χ4v) is 3.10. The first kappa shape index (κ1) is 14.4. The molecule has 2 aliphatic rings. The Morgan fingerprint density at radius 3 is 2.81 bits per heavy atom. The van der Waals surface area contributed by atoms with E-state index in [1.165, 1.54) is 0 Å². The molecule has 0 radical (unpaired) electrons. The quantitative estimate of drug-likeness (QED) is 0.874. The predicted molar refractivity (Wildman–Crippen MR) is 78.6 cm³/mol. The number of carboxylic acids is 1. The van der Waals surface area contributed by atoms with Crippen LogP contribution in [0.25, 0.3) is 0 Å². The van der Waals surface area contributed by atoms with Gasteiger partial charge in [0.05, 0.1) is 13.0 Å². The minimum atomic E-state index is -0.734. The van der Waals surface area contributed by atoms with Crippen LogP contribution >= 0.6 is 0 Å². The molecule has 0 amide bonds. The lowest BCUT2D eigenvalue weighted by molar-refractivity contribution is -0.137. The van der Waals surface area contributed by atoms with Crippen LogP contribution in [-0.4, -0.2) is 30.4 Å². The number of ether oxygens (including phenoxy) is 2. The molecule has 0 bridgehead atoms. The Bertz CT molecular complexity index is 489. The molecule has 1 saturated heterocycles. The van der Waals surface area contributed by atoms with Gasteiger partial charge in [0.15, 0.2) is 0 Å². The molecule has 114 valence electrons. The van der Waals surface area contributed by atoms with E-state index in [9.17, 15) is 9.90 Å². The largest absolute Gasteiger partial charge is 0.488 e. The van der Waals surface area contributed by atoms with Gasteiger partial charge in [-0.1, -0.05) is 18.2 Å². The van der Waals surface area contributed by atoms with E-state index < -0.39 is 5.97 Å². The monoisotopic (exact) mass is 290 g/mol. The minimum Gasteiger partial charge on any atom is -0.488 e. The molecule has 1 aromatic carbocycles. The highest BCUT2D eigenvalue weighted by atomic mass is 16.5. The third-order valence-electron chi connectivity index (χ3n) is 4.32. The third kappa shape index (κ3) is 3.76. The van der Waals surface area contributed by atoms with Crippen LogP contribution < -0.4 is 4.74 Å². The molecule has 2 fully saturated rings. The summed E-state index contributed by atoms with van der Waals surface area (Å²) in [4.78, 5) is 11.2. The van der Waals surface area contributed by atoms with Gasteiger partial charge in [0.2, 0.25) is 0 Å². The Hall–Kier alpha value is -1.55. The van der Waals surface area contributed by atoms with Crippen LogP contribution in [0.3, 0.4) is 0 Å². The first-order valence-electron chi connectivity index (χ1n) is 7.79. The van der Waals surface area contributed by atoms with Crippen molar-refractivity contribution in [1.82, 2.24) is 0 Å². The summed E-state index contributed by atoms with van der Waals surface area (Å²) in [5.74, 6) is 0.672. The molecular weight excluding hydrogens is 268 g/mol. The van der Waals surface area contributed by atoms with Gasteiger partial charge in [-0.3, -0.25) is 4.79 Å². The molecule has 1 aliphatic carbocycles. The lowest BCUT2D eigenvalue weighted by atomic mass is 9.90. The SMILES string of the molecule is O=C(O)CC(c1ccccc1OC1CCCOC1)C1CC1. The van der Waals surface area contributed by atoms with Crippen molar-refractivity contribution >= 4 is 5.97 Å². The first-order chi connectivity index (χ1) is 10.2. The molecule has 1 aromatic rings. The van der Waals surface area contributed by atoms with Gasteiger partial charge in [0, 0.05) is 12.5 Å². The molecule has 21 heavy (non-hydrogen) atoms. The zero-order chi connectivity index (χ0) is 14.7. The highest BCUT2D eigenvalue weighted by Crippen LogP contribution is 2.47. The van der Waals surface area contributed by atoms with Crippen molar-refractivity contribution in [2.24, 2.45) is 5.92 Å². The van der Waals surface area contributed by atoms with Gasteiger partial charge < -0.3 is 14.6 Å². The molecular formula is C17H22O4. The van der Waals surface area contributed by atoms with E-state index in [2.05, 4.69) is 0 Å². The lowest BCUT2D eigenvalue weighted by Crippen LogP contribution is -2.28. The number of carboxylic acid groups (broad SMARTS) is 1. The van der Waals surface area contributed by atoms with E-state index in [1.54, 1.807) is 0 Å². The summed E-state index contributed by atoms with van der Waals surface area (Å²) in [5, 5.41) is 9.17. The van der Waals surface area contributed by atoms with Crippen molar-refractivity contribution in [3.05, 3.63) is 29.8 Å². The summed E-state index contributed by atoms with van der Waals surface area (Å²) in [7, 11) is 0. The van der Waals surface area contributed by atoms with Crippen molar-refractivity contribution in [3.63, 3.8) is 0 Å². The molecule has 1 heterocycles. The van der Waals surface area contributed by atoms with Crippen molar-refractivity contribution in [1.29, 1.82) is 0 Å². The summed E-state index contributed by atoms with van der Waals surface area (Å²) in [6.07, 6.45) is 4.55. The second kappa shape index (κ2) is 6.48. The second-order valence-electron chi connectivity index (χ2n) is 6.04. The Morgan fingerprint density at radius 1 is 1.33 bits per heavy atom. The predicted octanol–water partition coefficient (Wildman–Crippen LogP) is 3.21. The summed E-state index contributed by atoms with van der Waals surface area (Å²) in [6.45, 7) is 1.44. The van der Waals surface area contributed by atoms with Crippen molar-refractivity contribution in [3.8, 4) is 5.75 Å².